The van der Waals surface area contributed by atoms with Gasteiger partial charge in [-0.25, -0.2) is 0 Å². The maximum atomic E-state index is 10.0. The van der Waals surface area contributed by atoms with Crippen LogP contribution in [0.1, 0.15) is 28.5 Å². The van der Waals surface area contributed by atoms with Gasteiger partial charge in [0.2, 0.25) is 0 Å². The molecule has 0 spiro atoms. The van der Waals surface area contributed by atoms with Gasteiger partial charge in [0, 0.05) is 17.3 Å². The first-order valence-corrected chi connectivity index (χ1v) is 6.26. The second-order valence-electron chi connectivity index (χ2n) is 3.88. The Bertz CT molecular complexity index is 438. The summed E-state index contributed by atoms with van der Waals surface area (Å²) >= 11 is 1.63. The van der Waals surface area contributed by atoms with Crippen molar-refractivity contribution in [2.75, 3.05) is 0 Å². The number of aliphatic hydroxyl groups is 1. The highest BCUT2D eigenvalue weighted by Gasteiger charge is 2.11. The van der Waals surface area contributed by atoms with Crippen LogP contribution in [0.3, 0.4) is 0 Å². The Morgan fingerprint density at radius 2 is 2.06 bits per heavy atom. The van der Waals surface area contributed by atoms with Gasteiger partial charge in [-0.15, -0.1) is 11.3 Å². The van der Waals surface area contributed by atoms with E-state index < -0.39 is 0 Å². The molecular weight excluding hydrogens is 218 g/mol. The summed E-state index contributed by atoms with van der Waals surface area (Å²) in [5.41, 5.74) is 2.41. The minimum absolute atomic E-state index is 0.340. The number of thiophene rings is 1. The molecule has 0 saturated carbocycles. The molecule has 1 N–H and O–H groups in total. The maximum absolute atomic E-state index is 10.0. The average Bonchev–Trinajstić information content (AvgIpc) is 2.74. The van der Waals surface area contributed by atoms with Crippen molar-refractivity contribution in [1.29, 1.82) is 0 Å². The minimum Gasteiger partial charge on any atom is -0.388 e. The van der Waals surface area contributed by atoms with Gasteiger partial charge in [0.05, 0.1) is 6.10 Å². The fraction of sp³-hybridized carbons (Fsp3) is 0.308. The van der Waals surface area contributed by atoms with E-state index in [9.17, 15) is 5.11 Å². The molecule has 2 aromatic rings. The van der Waals surface area contributed by atoms with E-state index in [2.05, 4.69) is 11.1 Å². The molecule has 2 heterocycles. The predicted molar refractivity (Wildman–Crippen MR) is 66.6 cm³/mol. The largest absolute Gasteiger partial charge is 0.388 e. The maximum Gasteiger partial charge on any atom is 0.0887 e. The van der Waals surface area contributed by atoms with Crippen molar-refractivity contribution in [3.05, 3.63) is 52.0 Å². The third-order valence-corrected chi connectivity index (χ3v) is 3.78. The van der Waals surface area contributed by atoms with E-state index >= 15 is 0 Å². The van der Waals surface area contributed by atoms with E-state index in [4.69, 9.17) is 0 Å². The first-order chi connectivity index (χ1) is 7.77. The number of nitrogens with zero attached hydrogens (tertiary/aromatic N) is 1. The van der Waals surface area contributed by atoms with E-state index in [0.717, 1.165) is 17.7 Å². The highest BCUT2D eigenvalue weighted by Crippen LogP contribution is 2.27. The van der Waals surface area contributed by atoms with Crippen LogP contribution < -0.4 is 0 Å². The molecule has 3 heteroatoms. The molecule has 1 atom stereocenters. The monoisotopic (exact) mass is 233 g/mol. The molecule has 2 rings (SSSR count). The van der Waals surface area contributed by atoms with Crippen molar-refractivity contribution in [3.63, 3.8) is 0 Å². The summed E-state index contributed by atoms with van der Waals surface area (Å²) in [4.78, 5) is 5.07. The molecule has 16 heavy (non-hydrogen) atoms. The van der Waals surface area contributed by atoms with Crippen LogP contribution in [-0.4, -0.2) is 10.1 Å². The number of aromatic nitrogens is 1. The Morgan fingerprint density at radius 1 is 1.31 bits per heavy atom. The van der Waals surface area contributed by atoms with Gasteiger partial charge in [-0.3, -0.25) is 4.98 Å². The van der Waals surface area contributed by atoms with Gasteiger partial charge in [-0.1, -0.05) is 0 Å². The first-order valence-electron chi connectivity index (χ1n) is 5.38. The third-order valence-electron chi connectivity index (χ3n) is 2.66. The topological polar surface area (TPSA) is 33.1 Å². The summed E-state index contributed by atoms with van der Waals surface area (Å²) in [5.74, 6) is 0. The average molecular weight is 233 g/mol. The molecule has 0 saturated heterocycles. The number of aryl methyl sites for hydroxylation is 2. The fourth-order valence-electron chi connectivity index (χ4n) is 1.71. The van der Waals surface area contributed by atoms with Gasteiger partial charge in [-0.2, -0.15) is 0 Å². The van der Waals surface area contributed by atoms with Crippen LogP contribution >= 0.6 is 11.3 Å². The number of pyridine rings is 1. The van der Waals surface area contributed by atoms with Gasteiger partial charge in [0.15, 0.2) is 0 Å². The number of hydrogen-bond donors (Lipinski definition) is 1. The van der Waals surface area contributed by atoms with Gasteiger partial charge >= 0.3 is 0 Å². The first kappa shape index (κ1) is 11.3. The molecule has 0 amide bonds. The minimum atomic E-state index is -0.340. The highest BCUT2D eigenvalue weighted by molar-refractivity contribution is 7.10. The van der Waals surface area contributed by atoms with Crippen molar-refractivity contribution >= 4 is 11.3 Å². The molecule has 0 radical (unpaired) electrons. The lowest BCUT2D eigenvalue weighted by Gasteiger charge is -2.09. The predicted octanol–water partition coefficient (Wildman–Crippen LogP) is 3.12. The number of hydrogen-bond acceptors (Lipinski definition) is 3. The van der Waals surface area contributed by atoms with Crippen LogP contribution in [0.4, 0.5) is 0 Å². The van der Waals surface area contributed by atoms with Gasteiger partial charge in [-0.05, 0) is 54.5 Å². The van der Waals surface area contributed by atoms with E-state index in [1.165, 1.54) is 11.1 Å². The Morgan fingerprint density at radius 3 is 2.69 bits per heavy atom. The van der Waals surface area contributed by atoms with Gasteiger partial charge < -0.3 is 5.11 Å². The van der Waals surface area contributed by atoms with Crippen molar-refractivity contribution in [2.45, 2.75) is 25.9 Å². The van der Waals surface area contributed by atoms with Crippen molar-refractivity contribution in [2.24, 2.45) is 0 Å². The summed E-state index contributed by atoms with van der Waals surface area (Å²) < 4.78 is 0. The molecule has 0 bridgehead atoms. The summed E-state index contributed by atoms with van der Waals surface area (Å²) in [7, 11) is 0. The zero-order chi connectivity index (χ0) is 11.4. The molecule has 1 unspecified atom stereocenters. The molecule has 0 fully saturated rings. The fourth-order valence-corrected chi connectivity index (χ4v) is 2.66. The van der Waals surface area contributed by atoms with Crippen LogP contribution in [0, 0.1) is 6.92 Å². The normalized spacial score (nSPS) is 12.6. The Balaban J connectivity index is 1.94. The van der Waals surface area contributed by atoms with Crippen molar-refractivity contribution in [1.82, 2.24) is 4.98 Å². The Hall–Kier alpha value is -1.19. The van der Waals surface area contributed by atoms with E-state index in [-0.39, 0.29) is 6.10 Å². The molecule has 2 nitrogen and oxygen atoms in total. The van der Waals surface area contributed by atoms with Crippen LogP contribution in [0.25, 0.3) is 0 Å². The van der Waals surface area contributed by atoms with Crippen LogP contribution in [0.2, 0.25) is 0 Å². The lowest BCUT2D eigenvalue weighted by molar-refractivity contribution is 0.171. The summed E-state index contributed by atoms with van der Waals surface area (Å²) in [6, 6.07) is 6.04. The lowest BCUT2D eigenvalue weighted by Crippen LogP contribution is -1.99. The zero-order valence-corrected chi connectivity index (χ0v) is 10.1. The molecule has 0 aromatic carbocycles. The SMILES string of the molecule is Cc1ccsc1C(O)CCc1ccncc1. The summed E-state index contributed by atoms with van der Waals surface area (Å²) in [6.07, 6.45) is 4.90. The van der Waals surface area contributed by atoms with Crippen LogP contribution in [-0.2, 0) is 6.42 Å². The number of aliphatic hydroxyl groups excluding tert-OH is 1. The number of rotatable bonds is 4. The van der Waals surface area contributed by atoms with E-state index in [1.807, 2.05) is 24.4 Å². The molecule has 0 aliphatic heterocycles. The third kappa shape index (κ3) is 2.68. The van der Waals surface area contributed by atoms with Crippen molar-refractivity contribution < 1.29 is 5.11 Å². The smallest absolute Gasteiger partial charge is 0.0887 e. The molecular formula is C13H15NOS. The van der Waals surface area contributed by atoms with E-state index in [1.54, 1.807) is 23.7 Å². The molecule has 0 aliphatic carbocycles. The second-order valence-corrected chi connectivity index (χ2v) is 4.83. The van der Waals surface area contributed by atoms with Crippen molar-refractivity contribution in [3.8, 4) is 0 Å². The van der Waals surface area contributed by atoms with Crippen LogP contribution in [0.15, 0.2) is 36.0 Å². The summed E-state index contributed by atoms with van der Waals surface area (Å²) in [6.45, 7) is 2.04. The second kappa shape index (κ2) is 5.23. The Labute approximate surface area is 99.6 Å². The van der Waals surface area contributed by atoms with E-state index in [0.29, 0.717) is 0 Å². The summed E-state index contributed by atoms with van der Waals surface area (Å²) in [5, 5.41) is 12.1. The quantitative estimate of drug-likeness (QED) is 0.880. The standard InChI is InChI=1S/C13H15NOS/c1-10-6-9-16-13(10)12(15)3-2-11-4-7-14-8-5-11/h4-9,12,15H,2-3H2,1H3. The zero-order valence-electron chi connectivity index (χ0n) is 9.26. The molecule has 0 aliphatic rings. The van der Waals surface area contributed by atoms with Gasteiger partial charge in [0.1, 0.15) is 0 Å². The lowest BCUT2D eigenvalue weighted by atomic mass is 10.1. The highest BCUT2D eigenvalue weighted by atomic mass is 32.1. The van der Waals surface area contributed by atoms with Crippen LogP contribution in [0.5, 0.6) is 0 Å². The Kier molecular flexibility index (Phi) is 3.70. The molecule has 84 valence electrons. The van der Waals surface area contributed by atoms with Gasteiger partial charge in [0.25, 0.3) is 0 Å². The molecule has 2 aromatic heterocycles.